The molecule has 2 heterocycles. The molecule has 0 fully saturated rings. The highest BCUT2D eigenvalue weighted by atomic mass is 32.2. The number of alkyl halides is 3. The molecule has 5 nitrogen and oxygen atoms in total. The monoisotopic (exact) mass is 533 g/mol. The summed E-state index contributed by atoms with van der Waals surface area (Å²) in [6.07, 6.45) is -0.935. The minimum absolute atomic E-state index is 0.0152. The predicted octanol–water partition coefficient (Wildman–Crippen LogP) is 7.62. The molecular formula is C28H30F3NO4S. The molecule has 0 saturated carbocycles. The summed E-state index contributed by atoms with van der Waals surface area (Å²) in [6.45, 7) is 6.25. The molecule has 198 valence electrons. The zero-order valence-corrected chi connectivity index (χ0v) is 22.1. The van der Waals surface area contributed by atoms with Crippen LogP contribution in [0.4, 0.5) is 18.9 Å². The van der Waals surface area contributed by atoms with Gasteiger partial charge in [0, 0.05) is 41.7 Å². The quantitative estimate of drug-likeness (QED) is 0.357. The molecule has 2 N–H and O–H groups in total. The Bertz CT molecular complexity index is 1280. The van der Waals surface area contributed by atoms with Crippen molar-refractivity contribution in [3.8, 4) is 28.4 Å². The second-order valence-corrected chi connectivity index (χ2v) is 10.4. The van der Waals surface area contributed by atoms with Crippen LogP contribution in [0, 0.1) is 0 Å². The normalized spacial score (nSPS) is 17.8. The van der Waals surface area contributed by atoms with Gasteiger partial charge in [-0.25, -0.2) is 0 Å². The number of halogens is 3. The molecule has 0 bridgehead atoms. The van der Waals surface area contributed by atoms with Crippen molar-refractivity contribution in [2.45, 2.75) is 45.0 Å². The predicted molar refractivity (Wildman–Crippen MR) is 143 cm³/mol. The molecule has 0 radical (unpaired) electrons. The highest BCUT2D eigenvalue weighted by molar-refractivity contribution is 8.02. The summed E-state index contributed by atoms with van der Waals surface area (Å²) >= 11 is 1.36. The maximum Gasteiger partial charge on any atom is 0.414 e. The van der Waals surface area contributed by atoms with Gasteiger partial charge in [0.05, 0.1) is 18.2 Å². The van der Waals surface area contributed by atoms with Crippen molar-refractivity contribution in [1.82, 2.24) is 0 Å². The first kappa shape index (κ1) is 27.0. The van der Waals surface area contributed by atoms with Crippen molar-refractivity contribution in [2.24, 2.45) is 0 Å². The van der Waals surface area contributed by atoms with Crippen LogP contribution < -0.4 is 14.8 Å². The molecule has 0 saturated heterocycles. The Morgan fingerprint density at radius 2 is 1.89 bits per heavy atom. The van der Waals surface area contributed by atoms with Gasteiger partial charge in [0.2, 0.25) is 0 Å². The van der Waals surface area contributed by atoms with E-state index in [-0.39, 0.29) is 17.7 Å². The van der Waals surface area contributed by atoms with Crippen LogP contribution in [0.15, 0.2) is 47.9 Å². The third kappa shape index (κ3) is 5.48. The highest BCUT2D eigenvalue weighted by Crippen LogP contribution is 2.53. The number of methoxy groups -OCH3 is 2. The molecule has 9 heteroatoms. The van der Waals surface area contributed by atoms with Gasteiger partial charge in [0.25, 0.3) is 0 Å². The van der Waals surface area contributed by atoms with Gasteiger partial charge in [-0.05, 0) is 56.0 Å². The first-order chi connectivity index (χ1) is 17.5. The number of hydrogen-bond acceptors (Lipinski definition) is 6. The van der Waals surface area contributed by atoms with Crippen molar-refractivity contribution >= 4 is 28.8 Å². The van der Waals surface area contributed by atoms with Crippen molar-refractivity contribution < 1.29 is 32.5 Å². The first-order valence-electron chi connectivity index (χ1n) is 11.8. The fraction of sp³-hybridized carbons (Fsp3) is 0.357. The van der Waals surface area contributed by atoms with Crippen LogP contribution in [0.25, 0.3) is 22.5 Å². The van der Waals surface area contributed by atoms with Crippen LogP contribution in [0.1, 0.15) is 38.3 Å². The van der Waals surface area contributed by atoms with E-state index in [1.807, 2.05) is 18.2 Å². The van der Waals surface area contributed by atoms with Gasteiger partial charge in [0.15, 0.2) is 17.6 Å². The number of thioether (sulfide) groups is 1. The lowest BCUT2D eigenvalue weighted by Gasteiger charge is -2.35. The number of rotatable bonds is 7. The van der Waals surface area contributed by atoms with E-state index in [9.17, 15) is 18.3 Å². The minimum Gasteiger partial charge on any atom is -0.504 e. The minimum atomic E-state index is -4.40. The maximum absolute atomic E-state index is 12.9. The molecule has 37 heavy (non-hydrogen) atoms. The number of nitrogens with one attached hydrogen (secondary N) is 1. The van der Waals surface area contributed by atoms with E-state index in [4.69, 9.17) is 9.47 Å². The zero-order chi connectivity index (χ0) is 27.0. The van der Waals surface area contributed by atoms with Gasteiger partial charge in [0.1, 0.15) is 11.5 Å². The van der Waals surface area contributed by atoms with Gasteiger partial charge in [-0.1, -0.05) is 18.2 Å². The Labute approximate surface area is 219 Å². The molecule has 1 atom stereocenters. The number of anilines is 1. The van der Waals surface area contributed by atoms with Gasteiger partial charge in [-0.3, -0.25) is 0 Å². The van der Waals surface area contributed by atoms with Crippen molar-refractivity contribution in [2.75, 3.05) is 25.3 Å². The molecule has 2 aliphatic heterocycles. The lowest BCUT2D eigenvalue weighted by Crippen LogP contribution is -2.32. The maximum atomic E-state index is 12.9. The third-order valence-electron chi connectivity index (χ3n) is 6.23. The van der Waals surface area contributed by atoms with E-state index < -0.39 is 12.3 Å². The van der Waals surface area contributed by atoms with Gasteiger partial charge in [-0.2, -0.15) is 13.2 Å². The lowest BCUT2D eigenvalue weighted by molar-refractivity contribution is -0.211. The van der Waals surface area contributed by atoms with Crippen LogP contribution in [0.2, 0.25) is 0 Å². The van der Waals surface area contributed by atoms with Gasteiger partial charge >= 0.3 is 6.18 Å². The highest BCUT2D eigenvalue weighted by Gasteiger charge is 2.39. The molecule has 0 aromatic heterocycles. The second-order valence-electron chi connectivity index (χ2n) is 9.45. The fourth-order valence-corrected chi connectivity index (χ4v) is 5.39. The zero-order valence-electron chi connectivity index (χ0n) is 21.3. The number of fused-ring (bicyclic) bond motifs is 5. The number of aromatic hydroxyl groups is 1. The number of benzene rings is 2. The molecule has 0 spiro atoms. The number of hydrogen-bond donors (Lipinski definition) is 2. The molecule has 2 aromatic carbocycles. The van der Waals surface area contributed by atoms with Crippen molar-refractivity contribution in [3.63, 3.8) is 0 Å². The van der Waals surface area contributed by atoms with Crippen LogP contribution in [0.3, 0.4) is 0 Å². The van der Waals surface area contributed by atoms with Gasteiger partial charge < -0.3 is 24.6 Å². The van der Waals surface area contributed by atoms with Gasteiger partial charge in [-0.15, -0.1) is 11.8 Å². The summed E-state index contributed by atoms with van der Waals surface area (Å²) in [4.78, 5) is 0. The smallest absolute Gasteiger partial charge is 0.414 e. The Morgan fingerprint density at radius 3 is 2.57 bits per heavy atom. The summed E-state index contributed by atoms with van der Waals surface area (Å²) < 4.78 is 55.0. The Morgan fingerprint density at radius 1 is 1.14 bits per heavy atom. The topological polar surface area (TPSA) is 60.0 Å². The van der Waals surface area contributed by atoms with E-state index in [1.165, 1.54) is 31.0 Å². The largest absolute Gasteiger partial charge is 0.504 e. The number of allylic oxidation sites excluding steroid dienone is 1. The summed E-state index contributed by atoms with van der Waals surface area (Å²) in [5.74, 6) is 2.00. The number of phenols is 1. The third-order valence-corrected chi connectivity index (χ3v) is 6.97. The fourth-order valence-electron chi connectivity index (χ4n) is 4.78. The SMILES string of the molecule is COc1c(O)ccc2c1-c1ccc3c(c1/C(=C/CS/C=C\CC(OC)C(F)(F)F)O2)C(C)=CC(C)(C)N3. The number of phenolic OH excluding ortho intramolecular Hbond substituents is 1. The molecule has 0 amide bonds. The van der Waals surface area contributed by atoms with Crippen LogP contribution in [-0.2, 0) is 4.74 Å². The second kappa shape index (κ2) is 10.4. The van der Waals surface area contributed by atoms with E-state index in [2.05, 4.69) is 36.9 Å². The lowest BCUT2D eigenvalue weighted by atomic mass is 9.83. The summed E-state index contributed by atoms with van der Waals surface area (Å²) in [5, 5.41) is 15.6. The van der Waals surface area contributed by atoms with E-state index >= 15 is 0 Å². The Balaban J connectivity index is 1.70. The van der Waals surface area contributed by atoms with E-state index in [1.54, 1.807) is 11.5 Å². The van der Waals surface area contributed by atoms with Crippen LogP contribution in [0.5, 0.6) is 17.2 Å². The Kier molecular flexibility index (Phi) is 7.57. The molecule has 0 aliphatic carbocycles. The van der Waals surface area contributed by atoms with E-state index in [0.29, 0.717) is 28.6 Å². The molecule has 2 aliphatic rings. The molecular weight excluding hydrogens is 503 g/mol. The van der Waals surface area contributed by atoms with Crippen LogP contribution in [-0.4, -0.2) is 42.9 Å². The van der Waals surface area contributed by atoms with Crippen LogP contribution >= 0.6 is 11.8 Å². The van der Waals surface area contributed by atoms with Crippen molar-refractivity contribution in [1.29, 1.82) is 0 Å². The average Bonchev–Trinajstić information content (AvgIpc) is 2.81. The molecule has 1 unspecified atom stereocenters. The Hall–Kier alpha value is -3.04. The average molecular weight is 534 g/mol. The van der Waals surface area contributed by atoms with Crippen molar-refractivity contribution in [3.05, 3.63) is 59.0 Å². The summed E-state index contributed by atoms with van der Waals surface area (Å²) in [7, 11) is 2.56. The molecule has 2 aromatic rings. The number of ether oxygens (including phenoxy) is 3. The molecule has 4 rings (SSSR count). The first-order valence-corrected chi connectivity index (χ1v) is 12.8. The summed E-state index contributed by atoms with van der Waals surface area (Å²) in [6, 6.07) is 7.23. The standard InChI is InChI=1S/C28H30F3NO4S/c1-16-15-27(2,3)32-18-9-8-17-24(23(16)18)21(36-20-11-10-19(33)26(35-5)25(17)20)12-14-37-13-6-7-22(34-4)28(29,30)31/h6,8-13,15,22,32-33H,7,14H2,1-5H3/b13-6-,21-12-. The van der Waals surface area contributed by atoms with E-state index in [0.717, 1.165) is 35.1 Å². The summed E-state index contributed by atoms with van der Waals surface area (Å²) in [5.41, 5.74) is 5.21.